The number of hydrogen-bond acceptors (Lipinski definition) is 3. The lowest BCUT2D eigenvalue weighted by Crippen LogP contribution is -2.32. The smallest absolute Gasteiger partial charge is 0.266 e. The number of para-hydroxylation sites is 1. The van der Waals surface area contributed by atoms with Gasteiger partial charge < -0.3 is 4.90 Å². The van der Waals surface area contributed by atoms with Crippen molar-refractivity contribution in [2.24, 2.45) is 0 Å². The third-order valence-electron chi connectivity index (χ3n) is 5.65. The van der Waals surface area contributed by atoms with Crippen LogP contribution in [-0.2, 0) is 12.0 Å². The number of fused-ring (bicyclic) bond motifs is 1. The van der Waals surface area contributed by atoms with E-state index in [1.54, 1.807) is 25.2 Å². The van der Waals surface area contributed by atoms with Crippen molar-refractivity contribution in [1.82, 2.24) is 14.5 Å². The van der Waals surface area contributed by atoms with Crippen LogP contribution in [-0.4, -0.2) is 27.4 Å². The zero-order chi connectivity index (χ0) is 23.8. The normalized spacial score (nSPS) is 11.5. The molecule has 33 heavy (non-hydrogen) atoms. The van der Waals surface area contributed by atoms with Crippen molar-refractivity contribution in [3.05, 3.63) is 106 Å². The molecular weight excluding hydrogens is 417 g/mol. The number of halogens is 1. The largest absolute Gasteiger partial charge is 0.334 e. The topological polar surface area (TPSA) is 55.2 Å². The monoisotopic (exact) mass is 443 g/mol. The van der Waals surface area contributed by atoms with Crippen LogP contribution in [0.5, 0.6) is 0 Å². The summed E-state index contributed by atoms with van der Waals surface area (Å²) >= 11 is 0. The predicted octanol–water partition coefficient (Wildman–Crippen LogP) is 5.09. The molecule has 0 saturated carbocycles. The van der Waals surface area contributed by atoms with Gasteiger partial charge >= 0.3 is 0 Å². The molecule has 0 fully saturated rings. The zero-order valence-electron chi connectivity index (χ0n) is 19.2. The average Bonchev–Trinajstić information content (AvgIpc) is 2.79. The first kappa shape index (κ1) is 22.4. The Kier molecular flexibility index (Phi) is 5.85. The highest BCUT2D eigenvalue weighted by atomic mass is 19.1. The van der Waals surface area contributed by atoms with E-state index in [1.807, 2.05) is 30.3 Å². The Morgan fingerprint density at radius 1 is 0.970 bits per heavy atom. The number of rotatable bonds is 4. The Bertz CT molecular complexity index is 1370. The number of nitrogens with zero attached hydrogens (tertiary/aromatic N) is 3. The third kappa shape index (κ3) is 4.55. The summed E-state index contributed by atoms with van der Waals surface area (Å²) in [6.07, 6.45) is 0. The molecule has 0 bridgehead atoms. The van der Waals surface area contributed by atoms with Crippen LogP contribution in [0.15, 0.2) is 77.6 Å². The molecule has 0 saturated heterocycles. The molecule has 4 rings (SSSR count). The van der Waals surface area contributed by atoms with Gasteiger partial charge in [0.15, 0.2) is 0 Å². The van der Waals surface area contributed by atoms with Crippen molar-refractivity contribution in [2.75, 3.05) is 7.05 Å². The Balaban J connectivity index is 1.73. The first-order valence-electron chi connectivity index (χ1n) is 10.8. The Morgan fingerprint density at radius 3 is 2.24 bits per heavy atom. The van der Waals surface area contributed by atoms with Crippen molar-refractivity contribution in [1.29, 1.82) is 0 Å². The van der Waals surface area contributed by atoms with Crippen LogP contribution in [0.1, 0.15) is 42.5 Å². The Labute approximate surface area is 192 Å². The summed E-state index contributed by atoms with van der Waals surface area (Å²) in [4.78, 5) is 32.6. The number of aromatic nitrogens is 2. The van der Waals surface area contributed by atoms with Crippen LogP contribution in [0.2, 0.25) is 0 Å². The molecule has 0 atom stereocenters. The SMILES string of the molecule is CN(Cc1nc2ccccc2c(=O)n1-c1ccc(F)cc1)C(=O)c1ccc(C(C)(C)C)cc1. The van der Waals surface area contributed by atoms with Gasteiger partial charge in [-0.3, -0.25) is 14.2 Å². The first-order valence-corrected chi connectivity index (χ1v) is 10.8. The molecule has 3 aromatic carbocycles. The average molecular weight is 444 g/mol. The van der Waals surface area contributed by atoms with Gasteiger partial charge in [0.1, 0.15) is 11.6 Å². The van der Waals surface area contributed by atoms with Crippen molar-refractivity contribution in [2.45, 2.75) is 32.7 Å². The molecule has 1 aromatic heterocycles. The quantitative estimate of drug-likeness (QED) is 0.441. The van der Waals surface area contributed by atoms with E-state index in [4.69, 9.17) is 0 Å². The van der Waals surface area contributed by atoms with E-state index in [0.717, 1.165) is 5.56 Å². The number of carbonyl (C=O) groups is 1. The molecule has 4 aromatic rings. The van der Waals surface area contributed by atoms with E-state index in [-0.39, 0.29) is 23.4 Å². The molecular formula is C27H26FN3O2. The second-order valence-electron chi connectivity index (χ2n) is 9.15. The second kappa shape index (κ2) is 8.62. The van der Waals surface area contributed by atoms with Gasteiger partial charge in [-0.15, -0.1) is 0 Å². The molecule has 0 aliphatic rings. The summed E-state index contributed by atoms with van der Waals surface area (Å²) in [6, 6.07) is 20.3. The van der Waals surface area contributed by atoms with Crippen LogP contribution in [0.3, 0.4) is 0 Å². The standard InChI is InChI=1S/C27H26FN3O2/c1-27(2,3)19-11-9-18(10-12-19)25(32)30(4)17-24-29-23-8-6-5-7-22(23)26(33)31(24)21-15-13-20(28)14-16-21/h5-16H,17H2,1-4H3. The van der Waals surface area contributed by atoms with Gasteiger partial charge in [-0.1, -0.05) is 45.0 Å². The molecule has 0 spiro atoms. The Morgan fingerprint density at radius 2 is 1.61 bits per heavy atom. The summed E-state index contributed by atoms with van der Waals surface area (Å²) in [7, 11) is 1.68. The molecule has 0 N–H and O–H groups in total. The minimum atomic E-state index is -0.395. The number of hydrogen-bond donors (Lipinski definition) is 0. The third-order valence-corrected chi connectivity index (χ3v) is 5.65. The Hall–Kier alpha value is -3.80. The summed E-state index contributed by atoms with van der Waals surface area (Å²) < 4.78 is 14.9. The van der Waals surface area contributed by atoms with Crippen molar-refractivity contribution >= 4 is 16.8 Å². The van der Waals surface area contributed by atoms with Crippen LogP contribution < -0.4 is 5.56 Å². The van der Waals surface area contributed by atoms with Gasteiger partial charge in [0, 0.05) is 12.6 Å². The zero-order valence-corrected chi connectivity index (χ0v) is 19.2. The van der Waals surface area contributed by atoms with Crippen molar-refractivity contribution in [3.63, 3.8) is 0 Å². The summed E-state index contributed by atoms with van der Waals surface area (Å²) in [5.41, 5.74) is 2.46. The van der Waals surface area contributed by atoms with Crippen LogP contribution in [0, 0.1) is 5.82 Å². The number of benzene rings is 3. The van der Waals surface area contributed by atoms with Gasteiger partial charge in [-0.25, -0.2) is 9.37 Å². The molecule has 5 nitrogen and oxygen atoms in total. The molecule has 0 unspecified atom stereocenters. The lowest BCUT2D eigenvalue weighted by molar-refractivity contribution is 0.0780. The summed E-state index contributed by atoms with van der Waals surface area (Å²) in [5, 5.41) is 0.456. The second-order valence-corrected chi connectivity index (χ2v) is 9.15. The molecule has 1 heterocycles. The van der Waals surface area contributed by atoms with Gasteiger partial charge in [-0.2, -0.15) is 0 Å². The molecule has 1 amide bonds. The van der Waals surface area contributed by atoms with E-state index in [1.165, 1.54) is 33.7 Å². The van der Waals surface area contributed by atoms with Crippen LogP contribution >= 0.6 is 0 Å². The van der Waals surface area contributed by atoms with E-state index in [9.17, 15) is 14.0 Å². The fraction of sp³-hybridized carbons (Fsp3) is 0.222. The number of amides is 1. The van der Waals surface area contributed by atoms with Gasteiger partial charge in [0.05, 0.1) is 23.1 Å². The van der Waals surface area contributed by atoms with Crippen LogP contribution in [0.25, 0.3) is 16.6 Å². The fourth-order valence-corrected chi connectivity index (χ4v) is 3.76. The molecule has 0 radical (unpaired) electrons. The highest BCUT2D eigenvalue weighted by Gasteiger charge is 2.19. The van der Waals surface area contributed by atoms with Gasteiger partial charge in [-0.05, 0) is 59.5 Å². The van der Waals surface area contributed by atoms with Gasteiger partial charge in [0.2, 0.25) is 0 Å². The lowest BCUT2D eigenvalue weighted by Gasteiger charge is -2.22. The van der Waals surface area contributed by atoms with E-state index in [0.29, 0.717) is 28.0 Å². The minimum Gasteiger partial charge on any atom is -0.334 e. The highest BCUT2D eigenvalue weighted by Crippen LogP contribution is 2.23. The van der Waals surface area contributed by atoms with E-state index in [2.05, 4.69) is 25.8 Å². The van der Waals surface area contributed by atoms with E-state index < -0.39 is 5.82 Å². The molecule has 0 aliphatic carbocycles. The molecule has 0 aliphatic heterocycles. The lowest BCUT2D eigenvalue weighted by atomic mass is 9.86. The highest BCUT2D eigenvalue weighted by molar-refractivity contribution is 5.94. The summed E-state index contributed by atoms with van der Waals surface area (Å²) in [6.45, 7) is 6.47. The molecule has 6 heteroatoms. The predicted molar refractivity (Wildman–Crippen MR) is 128 cm³/mol. The van der Waals surface area contributed by atoms with Gasteiger partial charge in [0.25, 0.3) is 11.5 Å². The maximum Gasteiger partial charge on any atom is 0.266 e. The number of carbonyl (C=O) groups excluding carboxylic acids is 1. The van der Waals surface area contributed by atoms with Crippen molar-refractivity contribution in [3.8, 4) is 5.69 Å². The maximum atomic E-state index is 13.5. The maximum absolute atomic E-state index is 13.5. The molecule has 168 valence electrons. The summed E-state index contributed by atoms with van der Waals surface area (Å²) in [5.74, 6) is -0.177. The van der Waals surface area contributed by atoms with Crippen molar-refractivity contribution < 1.29 is 9.18 Å². The first-order chi connectivity index (χ1) is 15.6. The fourth-order valence-electron chi connectivity index (χ4n) is 3.76. The minimum absolute atomic E-state index is 0.00623. The van der Waals surface area contributed by atoms with Crippen LogP contribution in [0.4, 0.5) is 4.39 Å². The van der Waals surface area contributed by atoms with E-state index >= 15 is 0 Å².